The van der Waals surface area contributed by atoms with Crippen LogP contribution in [0, 0.1) is 16.0 Å². The second-order valence-corrected chi connectivity index (χ2v) is 6.47. The summed E-state index contributed by atoms with van der Waals surface area (Å²) in [5, 5.41) is 16.0. The summed E-state index contributed by atoms with van der Waals surface area (Å²) >= 11 is 2.02. The number of pyridine rings is 1. The van der Waals surface area contributed by atoms with E-state index in [1.807, 2.05) is 11.8 Å². The zero-order chi connectivity index (χ0) is 14.7. The van der Waals surface area contributed by atoms with Crippen molar-refractivity contribution in [2.24, 2.45) is 5.92 Å². The second kappa shape index (κ2) is 6.30. The summed E-state index contributed by atoms with van der Waals surface area (Å²) in [5.41, 5.74) is 1.06. The Morgan fingerprint density at radius 1 is 1.29 bits per heavy atom. The number of fused-ring (bicyclic) bond motifs is 1. The first-order valence-corrected chi connectivity index (χ1v) is 8.24. The molecular formula is C15H17N3O2S. The van der Waals surface area contributed by atoms with Crippen molar-refractivity contribution >= 4 is 33.9 Å². The second-order valence-electron chi connectivity index (χ2n) is 5.25. The van der Waals surface area contributed by atoms with Crippen molar-refractivity contribution in [3.05, 3.63) is 40.7 Å². The van der Waals surface area contributed by atoms with Gasteiger partial charge in [0.15, 0.2) is 0 Å². The van der Waals surface area contributed by atoms with E-state index in [1.165, 1.54) is 24.3 Å². The van der Waals surface area contributed by atoms with E-state index in [-0.39, 0.29) is 10.6 Å². The summed E-state index contributed by atoms with van der Waals surface area (Å²) < 4.78 is 0. The van der Waals surface area contributed by atoms with Crippen molar-refractivity contribution < 1.29 is 4.92 Å². The average molecular weight is 303 g/mol. The van der Waals surface area contributed by atoms with Crippen molar-refractivity contribution in [3.8, 4) is 0 Å². The van der Waals surface area contributed by atoms with Crippen molar-refractivity contribution in [3.63, 3.8) is 0 Å². The average Bonchev–Trinajstić information content (AvgIpc) is 2.53. The number of anilines is 1. The number of aromatic nitrogens is 1. The maximum atomic E-state index is 11.1. The molecule has 110 valence electrons. The highest BCUT2D eigenvalue weighted by Crippen LogP contribution is 2.31. The lowest BCUT2D eigenvalue weighted by Gasteiger charge is -2.22. The third-order valence-corrected chi connectivity index (χ3v) is 4.96. The first kappa shape index (κ1) is 14.1. The topological polar surface area (TPSA) is 68.1 Å². The number of nitro groups is 1. The van der Waals surface area contributed by atoms with Crippen LogP contribution >= 0.6 is 11.8 Å². The molecule has 1 N–H and O–H groups in total. The molecule has 0 spiro atoms. The molecule has 0 bridgehead atoms. The highest BCUT2D eigenvalue weighted by molar-refractivity contribution is 7.99. The first-order valence-electron chi connectivity index (χ1n) is 7.08. The van der Waals surface area contributed by atoms with Gasteiger partial charge < -0.3 is 5.32 Å². The molecule has 0 unspecified atom stereocenters. The number of benzene rings is 1. The Balaban J connectivity index is 1.85. The number of rotatable bonds is 4. The van der Waals surface area contributed by atoms with Gasteiger partial charge in [-0.3, -0.25) is 15.1 Å². The number of nitrogens with one attached hydrogen (secondary N) is 1. The Kier molecular flexibility index (Phi) is 4.24. The Hall–Kier alpha value is -1.82. The van der Waals surface area contributed by atoms with Crippen LogP contribution in [0.3, 0.4) is 0 Å². The third kappa shape index (κ3) is 3.10. The molecular weight excluding hydrogens is 286 g/mol. The smallest absolute Gasteiger partial charge is 0.277 e. The van der Waals surface area contributed by atoms with Crippen LogP contribution in [0.5, 0.6) is 0 Å². The number of non-ortho nitro benzene ring substituents is 1. The molecule has 1 fully saturated rings. The van der Waals surface area contributed by atoms with E-state index >= 15 is 0 Å². The van der Waals surface area contributed by atoms with E-state index in [4.69, 9.17) is 0 Å². The van der Waals surface area contributed by atoms with E-state index in [9.17, 15) is 10.1 Å². The normalized spacial score (nSPS) is 16.0. The molecule has 3 rings (SSSR count). The number of hydrogen-bond donors (Lipinski definition) is 1. The van der Waals surface area contributed by atoms with Gasteiger partial charge in [-0.15, -0.1) is 0 Å². The van der Waals surface area contributed by atoms with E-state index in [0.29, 0.717) is 11.3 Å². The SMILES string of the molecule is O=[N+]([O-])c1ccc(NCC2CCSCC2)c2cnccc12. The van der Waals surface area contributed by atoms with Crippen LogP contribution in [0.15, 0.2) is 30.6 Å². The molecule has 0 aliphatic carbocycles. The molecule has 1 aromatic heterocycles. The molecule has 6 heteroatoms. The molecule has 0 radical (unpaired) electrons. The lowest BCUT2D eigenvalue weighted by atomic mass is 10.0. The monoisotopic (exact) mass is 303 g/mol. The van der Waals surface area contributed by atoms with Crippen LogP contribution < -0.4 is 5.32 Å². The molecule has 0 saturated carbocycles. The highest BCUT2D eigenvalue weighted by Gasteiger charge is 2.16. The molecule has 0 amide bonds. The largest absolute Gasteiger partial charge is 0.384 e. The molecule has 1 aromatic carbocycles. The maximum absolute atomic E-state index is 11.1. The fraction of sp³-hybridized carbons (Fsp3) is 0.400. The summed E-state index contributed by atoms with van der Waals surface area (Å²) in [6.45, 7) is 0.919. The standard InChI is InChI=1S/C15H17N3O2S/c19-18(20)15-2-1-14(13-10-16-6-3-12(13)15)17-9-11-4-7-21-8-5-11/h1-3,6,10-11,17H,4-5,7-9H2. The van der Waals surface area contributed by atoms with Crippen LogP contribution in [0.4, 0.5) is 11.4 Å². The van der Waals surface area contributed by atoms with E-state index in [2.05, 4.69) is 10.3 Å². The van der Waals surface area contributed by atoms with Crippen LogP contribution in [-0.4, -0.2) is 28.0 Å². The van der Waals surface area contributed by atoms with Gasteiger partial charge in [-0.25, -0.2) is 0 Å². The van der Waals surface area contributed by atoms with Gasteiger partial charge >= 0.3 is 0 Å². The molecule has 5 nitrogen and oxygen atoms in total. The summed E-state index contributed by atoms with van der Waals surface area (Å²) in [5.74, 6) is 3.15. The predicted molar refractivity (Wildman–Crippen MR) is 86.9 cm³/mol. The van der Waals surface area contributed by atoms with Crippen molar-refractivity contribution in [1.29, 1.82) is 0 Å². The Morgan fingerprint density at radius 3 is 2.86 bits per heavy atom. The lowest BCUT2D eigenvalue weighted by Crippen LogP contribution is -2.19. The minimum absolute atomic E-state index is 0.131. The fourth-order valence-electron chi connectivity index (χ4n) is 2.69. The van der Waals surface area contributed by atoms with E-state index in [1.54, 1.807) is 30.6 Å². The first-order chi connectivity index (χ1) is 10.3. The highest BCUT2D eigenvalue weighted by atomic mass is 32.2. The van der Waals surface area contributed by atoms with Gasteiger partial charge in [-0.1, -0.05) is 0 Å². The quantitative estimate of drug-likeness (QED) is 0.689. The summed E-state index contributed by atoms with van der Waals surface area (Å²) in [7, 11) is 0. The lowest BCUT2D eigenvalue weighted by molar-refractivity contribution is -0.383. The van der Waals surface area contributed by atoms with Crippen molar-refractivity contribution in [2.45, 2.75) is 12.8 Å². The van der Waals surface area contributed by atoms with Gasteiger partial charge in [0, 0.05) is 36.1 Å². The van der Waals surface area contributed by atoms with Gasteiger partial charge in [0.25, 0.3) is 5.69 Å². The molecule has 2 aromatic rings. The van der Waals surface area contributed by atoms with Gasteiger partial charge in [-0.05, 0) is 42.4 Å². The Morgan fingerprint density at radius 2 is 2.10 bits per heavy atom. The number of nitrogens with zero attached hydrogens (tertiary/aromatic N) is 2. The van der Waals surface area contributed by atoms with Gasteiger partial charge in [0.05, 0.1) is 10.3 Å². The fourth-order valence-corrected chi connectivity index (χ4v) is 3.90. The minimum atomic E-state index is -0.343. The Labute approximate surface area is 127 Å². The Bertz CT molecular complexity index is 656. The molecule has 1 aliphatic rings. The zero-order valence-corrected chi connectivity index (χ0v) is 12.4. The van der Waals surface area contributed by atoms with Crippen LogP contribution in [0.2, 0.25) is 0 Å². The molecule has 1 saturated heterocycles. The van der Waals surface area contributed by atoms with E-state index < -0.39 is 0 Å². The van der Waals surface area contributed by atoms with Crippen LogP contribution in [-0.2, 0) is 0 Å². The number of hydrogen-bond acceptors (Lipinski definition) is 5. The van der Waals surface area contributed by atoms with Crippen molar-refractivity contribution in [1.82, 2.24) is 4.98 Å². The van der Waals surface area contributed by atoms with Crippen LogP contribution in [0.1, 0.15) is 12.8 Å². The van der Waals surface area contributed by atoms with Gasteiger partial charge in [0.2, 0.25) is 0 Å². The minimum Gasteiger partial charge on any atom is -0.384 e. The number of thioether (sulfide) groups is 1. The summed E-state index contributed by atoms with van der Waals surface area (Å²) in [6.07, 6.45) is 5.76. The van der Waals surface area contributed by atoms with E-state index in [0.717, 1.165) is 17.6 Å². The van der Waals surface area contributed by atoms with Crippen LogP contribution in [0.25, 0.3) is 10.8 Å². The molecule has 2 heterocycles. The van der Waals surface area contributed by atoms with Crippen molar-refractivity contribution in [2.75, 3.05) is 23.4 Å². The summed E-state index contributed by atoms with van der Waals surface area (Å²) in [6, 6.07) is 5.07. The zero-order valence-electron chi connectivity index (χ0n) is 11.6. The summed E-state index contributed by atoms with van der Waals surface area (Å²) in [4.78, 5) is 14.9. The van der Waals surface area contributed by atoms with Gasteiger partial charge in [0.1, 0.15) is 0 Å². The molecule has 0 atom stereocenters. The number of nitro benzene ring substituents is 1. The van der Waals surface area contributed by atoms with Gasteiger partial charge in [-0.2, -0.15) is 11.8 Å². The molecule has 1 aliphatic heterocycles. The molecule has 21 heavy (non-hydrogen) atoms. The third-order valence-electron chi connectivity index (χ3n) is 3.91. The maximum Gasteiger partial charge on any atom is 0.277 e. The predicted octanol–water partition coefficient (Wildman–Crippen LogP) is 3.70.